The van der Waals surface area contributed by atoms with Gasteiger partial charge in [-0.25, -0.2) is 4.79 Å². The molecule has 0 unspecified atom stereocenters. The molecular formula is C24H23N3O2. The quantitative estimate of drug-likeness (QED) is 0.582. The molecule has 1 aliphatic heterocycles. The second kappa shape index (κ2) is 7.43. The molecule has 146 valence electrons. The van der Waals surface area contributed by atoms with Gasteiger partial charge in [-0.2, -0.15) is 0 Å². The van der Waals surface area contributed by atoms with Crippen LogP contribution in [0.4, 0.5) is 16.2 Å². The number of amides is 3. The van der Waals surface area contributed by atoms with Gasteiger partial charge in [-0.05, 0) is 84.5 Å². The lowest BCUT2D eigenvalue weighted by Gasteiger charge is -2.13. The Labute approximate surface area is 170 Å². The fourth-order valence-corrected chi connectivity index (χ4v) is 3.66. The third-order valence-electron chi connectivity index (χ3n) is 5.39. The van der Waals surface area contributed by atoms with Gasteiger partial charge in [0.05, 0.1) is 0 Å². The molecule has 5 heteroatoms. The van der Waals surface area contributed by atoms with Crippen molar-refractivity contribution in [2.75, 3.05) is 10.6 Å². The average Bonchev–Trinajstić information content (AvgIpc) is 3.06. The van der Waals surface area contributed by atoms with Crippen molar-refractivity contribution in [2.24, 2.45) is 0 Å². The zero-order valence-electron chi connectivity index (χ0n) is 16.7. The minimum atomic E-state index is -0.282. The van der Waals surface area contributed by atoms with Crippen molar-refractivity contribution in [3.63, 3.8) is 0 Å². The summed E-state index contributed by atoms with van der Waals surface area (Å²) in [4.78, 5) is 24.3. The van der Waals surface area contributed by atoms with E-state index in [2.05, 4.69) is 16.0 Å². The van der Waals surface area contributed by atoms with Crippen LogP contribution in [0, 0.1) is 20.8 Å². The molecule has 3 aromatic rings. The highest BCUT2D eigenvalue weighted by atomic mass is 16.2. The van der Waals surface area contributed by atoms with E-state index in [0.717, 1.165) is 44.8 Å². The highest BCUT2D eigenvalue weighted by molar-refractivity contribution is 6.01. The summed E-state index contributed by atoms with van der Waals surface area (Å²) >= 11 is 0. The Hall–Kier alpha value is -3.60. The lowest BCUT2D eigenvalue weighted by Crippen LogP contribution is -2.19. The van der Waals surface area contributed by atoms with Crippen LogP contribution in [0.25, 0.3) is 11.1 Å². The summed E-state index contributed by atoms with van der Waals surface area (Å²) in [5, 5.41) is 8.63. The van der Waals surface area contributed by atoms with Crippen LogP contribution in [0.5, 0.6) is 0 Å². The summed E-state index contributed by atoms with van der Waals surface area (Å²) in [7, 11) is 0. The van der Waals surface area contributed by atoms with Gasteiger partial charge in [0.1, 0.15) is 0 Å². The van der Waals surface area contributed by atoms with Crippen molar-refractivity contribution in [2.45, 2.75) is 27.3 Å². The number of urea groups is 1. The molecule has 1 heterocycles. The molecule has 0 spiro atoms. The smallest absolute Gasteiger partial charge is 0.323 e. The van der Waals surface area contributed by atoms with E-state index in [0.29, 0.717) is 6.54 Å². The predicted octanol–water partition coefficient (Wildman–Crippen LogP) is 5.17. The second-order valence-electron chi connectivity index (χ2n) is 7.42. The van der Waals surface area contributed by atoms with Gasteiger partial charge in [0.2, 0.25) is 0 Å². The highest BCUT2D eigenvalue weighted by Gasteiger charge is 2.22. The maximum absolute atomic E-state index is 12.4. The molecule has 0 saturated heterocycles. The number of hydrogen-bond acceptors (Lipinski definition) is 2. The molecule has 0 aromatic heterocycles. The van der Waals surface area contributed by atoms with Crippen LogP contribution in [-0.2, 0) is 6.54 Å². The van der Waals surface area contributed by atoms with E-state index in [9.17, 15) is 9.59 Å². The fourth-order valence-electron chi connectivity index (χ4n) is 3.66. The first kappa shape index (κ1) is 18.7. The number of carbonyl (C=O) groups is 2. The number of nitrogens with one attached hydrogen (secondary N) is 3. The predicted molar refractivity (Wildman–Crippen MR) is 116 cm³/mol. The SMILES string of the molecule is Cc1ccc(NC(=O)Nc2ccc(-c3cccc4c3CNC4=O)c(C)c2)cc1C. The average molecular weight is 385 g/mol. The number of carbonyl (C=O) groups excluding carboxylic acids is 2. The molecule has 0 bridgehead atoms. The molecule has 3 aromatic carbocycles. The van der Waals surface area contributed by atoms with Gasteiger partial charge in [0.15, 0.2) is 0 Å². The first-order chi connectivity index (χ1) is 13.9. The molecule has 0 fully saturated rings. The Morgan fingerprint density at radius 1 is 0.793 bits per heavy atom. The topological polar surface area (TPSA) is 70.2 Å². The number of anilines is 2. The number of benzene rings is 3. The van der Waals surface area contributed by atoms with Crippen LogP contribution < -0.4 is 16.0 Å². The maximum atomic E-state index is 12.4. The fraction of sp³-hybridized carbons (Fsp3) is 0.167. The summed E-state index contributed by atoms with van der Waals surface area (Å²) in [6, 6.07) is 17.1. The van der Waals surface area contributed by atoms with Crippen LogP contribution >= 0.6 is 0 Å². The van der Waals surface area contributed by atoms with Crippen LogP contribution in [0.2, 0.25) is 0 Å². The van der Waals surface area contributed by atoms with E-state index in [1.54, 1.807) is 0 Å². The molecular weight excluding hydrogens is 362 g/mol. The van der Waals surface area contributed by atoms with E-state index in [4.69, 9.17) is 0 Å². The minimum absolute atomic E-state index is 0.0270. The highest BCUT2D eigenvalue weighted by Crippen LogP contribution is 2.32. The number of fused-ring (bicyclic) bond motifs is 1. The molecule has 29 heavy (non-hydrogen) atoms. The zero-order chi connectivity index (χ0) is 20.5. The Morgan fingerprint density at radius 2 is 1.45 bits per heavy atom. The number of rotatable bonds is 3. The van der Waals surface area contributed by atoms with E-state index >= 15 is 0 Å². The largest absolute Gasteiger partial charge is 0.348 e. The van der Waals surface area contributed by atoms with Gasteiger partial charge >= 0.3 is 6.03 Å². The van der Waals surface area contributed by atoms with Gasteiger partial charge in [-0.1, -0.05) is 24.3 Å². The maximum Gasteiger partial charge on any atom is 0.323 e. The molecule has 0 atom stereocenters. The van der Waals surface area contributed by atoms with Gasteiger partial charge in [-0.3, -0.25) is 4.79 Å². The molecule has 3 amide bonds. The summed E-state index contributed by atoms with van der Waals surface area (Å²) in [6.07, 6.45) is 0. The Balaban J connectivity index is 1.53. The molecule has 0 aliphatic carbocycles. The Morgan fingerprint density at radius 3 is 2.14 bits per heavy atom. The molecule has 1 aliphatic rings. The zero-order valence-corrected chi connectivity index (χ0v) is 16.7. The van der Waals surface area contributed by atoms with Crippen LogP contribution in [0.3, 0.4) is 0 Å². The van der Waals surface area contributed by atoms with Crippen LogP contribution in [0.1, 0.15) is 32.6 Å². The van der Waals surface area contributed by atoms with E-state index in [1.165, 1.54) is 5.56 Å². The first-order valence-corrected chi connectivity index (χ1v) is 9.59. The minimum Gasteiger partial charge on any atom is -0.348 e. The van der Waals surface area contributed by atoms with Gasteiger partial charge in [0, 0.05) is 23.5 Å². The summed E-state index contributed by atoms with van der Waals surface area (Å²) in [6.45, 7) is 6.61. The second-order valence-corrected chi connectivity index (χ2v) is 7.42. The summed E-state index contributed by atoms with van der Waals surface area (Å²) in [5.41, 5.74) is 8.68. The standard InChI is InChI=1S/C24H23N3O2/c1-14-7-8-17(11-15(14)2)26-24(29)27-18-9-10-19(16(3)12-18)20-5-4-6-21-22(20)13-25-23(21)28/h4-12H,13H2,1-3H3,(H,25,28)(H2,26,27,29). The van der Waals surface area contributed by atoms with E-state index < -0.39 is 0 Å². The van der Waals surface area contributed by atoms with Gasteiger partial charge in [-0.15, -0.1) is 0 Å². The summed E-state index contributed by atoms with van der Waals surface area (Å²) in [5.74, 6) is -0.0270. The normalized spacial score (nSPS) is 12.3. The lowest BCUT2D eigenvalue weighted by atomic mass is 9.93. The van der Waals surface area contributed by atoms with Crippen molar-refractivity contribution in [1.82, 2.24) is 5.32 Å². The van der Waals surface area contributed by atoms with E-state index in [-0.39, 0.29) is 11.9 Å². The molecule has 3 N–H and O–H groups in total. The van der Waals surface area contributed by atoms with Gasteiger partial charge in [0.25, 0.3) is 5.91 Å². The van der Waals surface area contributed by atoms with Crippen molar-refractivity contribution in [3.8, 4) is 11.1 Å². The monoisotopic (exact) mass is 385 g/mol. The molecule has 0 saturated carbocycles. The Kier molecular flexibility index (Phi) is 4.80. The van der Waals surface area contributed by atoms with Gasteiger partial charge < -0.3 is 16.0 Å². The molecule has 0 radical (unpaired) electrons. The summed E-state index contributed by atoms with van der Waals surface area (Å²) < 4.78 is 0. The van der Waals surface area contributed by atoms with Crippen LogP contribution in [-0.4, -0.2) is 11.9 Å². The number of aryl methyl sites for hydroxylation is 3. The Bertz CT molecular complexity index is 1130. The van der Waals surface area contributed by atoms with Crippen molar-refractivity contribution >= 4 is 23.3 Å². The van der Waals surface area contributed by atoms with Crippen molar-refractivity contribution in [1.29, 1.82) is 0 Å². The third-order valence-corrected chi connectivity index (χ3v) is 5.39. The lowest BCUT2D eigenvalue weighted by molar-refractivity contribution is 0.0965. The third kappa shape index (κ3) is 3.72. The van der Waals surface area contributed by atoms with E-state index in [1.807, 2.05) is 75.4 Å². The molecule has 5 nitrogen and oxygen atoms in total. The van der Waals surface area contributed by atoms with Crippen LogP contribution in [0.15, 0.2) is 54.6 Å². The molecule has 4 rings (SSSR count). The first-order valence-electron chi connectivity index (χ1n) is 9.59. The van der Waals surface area contributed by atoms with Crippen molar-refractivity contribution < 1.29 is 9.59 Å². The van der Waals surface area contributed by atoms with Crippen molar-refractivity contribution in [3.05, 3.63) is 82.4 Å². The number of hydrogen-bond donors (Lipinski definition) is 3.